The summed E-state index contributed by atoms with van der Waals surface area (Å²) in [6.45, 7) is 2.50. The van der Waals surface area contributed by atoms with Crippen LogP contribution in [0.5, 0.6) is 0 Å². The van der Waals surface area contributed by atoms with E-state index in [4.69, 9.17) is 5.73 Å². The Morgan fingerprint density at radius 3 is 2.53 bits per heavy atom. The van der Waals surface area contributed by atoms with Crippen molar-refractivity contribution >= 4 is 17.6 Å². The minimum atomic E-state index is -0.387. The van der Waals surface area contributed by atoms with E-state index >= 15 is 0 Å². The molecule has 1 aliphatic rings. The van der Waals surface area contributed by atoms with E-state index in [1.54, 1.807) is 12.1 Å². The lowest BCUT2D eigenvalue weighted by Crippen LogP contribution is -2.31. The number of benzene rings is 1. The van der Waals surface area contributed by atoms with Crippen molar-refractivity contribution in [3.05, 3.63) is 29.8 Å². The maximum absolute atomic E-state index is 12.2. The van der Waals surface area contributed by atoms with Crippen molar-refractivity contribution in [3.8, 4) is 0 Å². The zero-order valence-electron chi connectivity index (χ0n) is 11.1. The van der Waals surface area contributed by atoms with E-state index in [1.807, 2.05) is 12.1 Å². The number of carbonyl (C=O) groups excluding carboxylic acids is 2. The van der Waals surface area contributed by atoms with Gasteiger partial charge in [-0.15, -0.1) is 0 Å². The highest BCUT2D eigenvalue weighted by atomic mass is 16.2. The molecule has 3 N–H and O–H groups in total. The first-order valence-electron chi connectivity index (χ1n) is 6.60. The van der Waals surface area contributed by atoms with Crippen LogP contribution in [0.2, 0.25) is 0 Å². The lowest BCUT2D eigenvalue weighted by Gasteiger charge is -2.13. The van der Waals surface area contributed by atoms with Gasteiger partial charge < -0.3 is 11.1 Å². The molecule has 3 amide bonds. The average molecular weight is 261 g/mol. The predicted octanol–water partition coefficient (Wildman–Crippen LogP) is 1.76. The van der Waals surface area contributed by atoms with Crippen LogP contribution >= 0.6 is 0 Å². The summed E-state index contributed by atoms with van der Waals surface area (Å²) in [5.41, 5.74) is 7.09. The topological polar surface area (TPSA) is 75.4 Å². The molecule has 2 rings (SSSR count). The summed E-state index contributed by atoms with van der Waals surface area (Å²) in [6, 6.07) is 6.43. The summed E-state index contributed by atoms with van der Waals surface area (Å²) in [7, 11) is 0. The molecule has 1 atom stereocenters. The standard InChI is InChI=1S/C14H19N3O2/c1-2-3-4-12-13(18)17(14(19)16-12)11-7-5-10(9-15)6-8-11/h5-8,12H,2-4,9,15H2,1H3,(H,16,19). The summed E-state index contributed by atoms with van der Waals surface area (Å²) >= 11 is 0. The van der Waals surface area contributed by atoms with E-state index in [9.17, 15) is 9.59 Å². The van der Waals surface area contributed by atoms with Crippen LogP contribution in [0.4, 0.5) is 10.5 Å². The molecular weight excluding hydrogens is 242 g/mol. The Balaban J connectivity index is 2.14. The molecule has 0 radical (unpaired) electrons. The summed E-state index contributed by atoms with van der Waals surface area (Å²) in [5, 5.41) is 2.73. The number of urea groups is 1. The maximum atomic E-state index is 12.2. The SMILES string of the molecule is CCCCC1NC(=O)N(c2ccc(CN)cc2)C1=O. The zero-order valence-corrected chi connectivity index (χ0v) is 11.1. The van der Waals surface area contributed by atoms with Crippen molar-refractivity contribution < 1.29 is 9.59 Å². The first-order chi connectivity index (χ1) is 9.17. The summed E-state index contributed by atoms with van der Waals surface area (Å²) < 4.78 is 0. The minimum absolute atomic E-state index is 0.168. The van der Waals surface area contributed by atoms with Crippen LogP contribution in [0.1, 0.15) is 31.7 Å². The number of unbranched alkanes of at least 4 members (excludes halogenated alkanes) is 1. The van der Waals surface area contributed by atoms with Gasteiger partial charge in [-0.2, -0.15) is 0 Å². The van der Waals surface area contributed by atoms with E-state index in [0.717, 1.165) is 18.4 Å². The van der Waals surface area contributed by atoms with Gasteiger partial charge in [-0.25, -0.2) is 9.69 Å². The van der Waals surface area contributed by atoms with Gasteiger partial charge in [0.15, 0.2) is 0 Å². The van der Waals surface area contributed by atoms with Crippen LogP contribution in [0, 0.1) is 0 Å². The molecule has 1 unspecified atom stereocenters. The van der Waals surface area contributed by atoms with Gasteiger partial charge >= 0.3 is 6.03 Å². The third kappa shape index (κ3) is 2.76. The average Bonchev–Trinajstić information content (AvgIpc) is 2.71. The largest absolute Gasteiger partial charge is 0.329 e. The molecule has 1 saturated heterocycles. The fraction of sp³-hybridized carbons (Fsp3) is 0.429. The Kier molecular flexibility index (Phi) is 4.16. The van der Waals surface area contributed by atoms with Crippen molar-refractivity contribution in [3.63, 3.8) is 0 Å². The van der Waals surface area contributed by atoms with Crippen LogP contribution in [0.15, 0.2) is 24.3 Å². The van der Waals surface area contributed by atoms with Gasteiger partial charge in [-0.3, -0.25) is 4.79 Å². The highest BCUT2D eigenvalue weighted by Gasteiger charge is 2.38. The van der Waals surface area contributed by atoms with Gasteiger partial charge in [-0.05, 0) is 24.1 Å². The molecule has 102 valence electrons. The fourth-order valence-corrected chi connectivity index (χ4v) is 2.16. The number of anilines is 1. The smallest absolute Gasteiger partial charge is 0.326 e. The Morgan fingerprint density at radius 2 is 1.95 bits per heavy atom. The summed E-state index contributed by atoms with van der Waals surface area (Å²) in [4.78, 5) is 25.3. The molecule has 0 aliphatic carbocycles. The molecule has 1 fully saturated rings. The molecule has 1 aromatic rings. The van der Waals surface area contributed by atoms with Gasteiger partial charge in [0.2, 0.25) is 0 Å². The summed E-state index contributed by atoms with van der Waals surface area (Å²) in [6.07, 6.45) is 2.62. The van der Waals surface area contributed by atoms with E-state index in [2.05, 4.69) is 12.2 Å². The maximum Gasteiger partial charge on any atom is 0.329 e. The number of amides is 3. The van der Waals surface area contributed by atoms with Crippen molar-refractivity contribution in [1.29, 1.82) is 0 Å². The molecule has 1 aliphatic heterocycles. The molecule has 1 aromatic carbocycles. The first-order valence-corrected chi connectivity index (χ1v) is 6.60. The van der Waals surface area contributed by atoms with Crippen LogP contribution in [-0.2, 0) is 11.3 Å². The monoisotopic (exact) mass is 261 g/mol. The normalized spacial score (nSPS) is 18.8. The Bertz CT molecular complexity index is 470. The van der Waals surface area contributed by atoms with Crippen molar-refractivity contribution in [2.45, 2.75) is 38.8 Å². The summed E-state index contributed by atoms with van der Waals surface area (Å²) in [5.74, 6) is -0.168. The lowest BCUT2D eigenvalue weighted by atomic mass is 10.1. The number of carbonyl (C=O) groups is 2. The quantitative estimate of drug-likeness (QED) is 0.793. The van der Waals surface area contributed by atoms with Crippen molar-refractivity contribution in [2.75, 3.05) is 4.90 Å². The zero-order chi connectivity index (χ0) is 13.8. The third-order valence-electron chi connectivity index (χ3n) is 3.30. The molecule has 5 heteroatoms. The van der Waals surface area contributed by atoms with E-state index in [0.29, 0.717) is 18.7 Å². The van der Waals surface area contributed by atoms with Gasteiger partial charge in [0.25, 0.3) is 5.91 Å². The number of hydrogen-bond donors (Lipinski definition) is 2. The second-order valence-electron chi connectivity index (χ2n) is 4.69. The third-order valence-corrected chi connectivity index (χ3v) is 3.30. The molecular formula is C14H19N3O2. The second kappa shape index (κ2) is 5.84. The van der Waals surface area contributed by atoms with E-state index in [-0.39, 0.29) is 18.0 Å². The first kappa shape index (κ1) is 13.5. The molecule has 19 heavy (non-hydrogen) atoms. The van der Waals surface area contributed by atoms with Crippen LogP contribution in [0.25, 0.3) is 0 Å². The van der Waals surface area contributed by atoms with E-state index in [1.165, 1.54) is 4.90 Å². The fourth-order valence-electron chi connectivity index (χ4n) is 2.16. The Morgan fingerprint density at radius 1 is 1.26 bits per heavy atom. The molecule has 0 spiro atoms. The molecule has 1 heterocycles. The number of hydrogen-bond acceptors (Lipinski definition) is 3. The highest BCUT2D eigenvalue weighted by molar-refractivity contribution is 6.21. The van der Waals surface area contributed by atoms with Crippen molar-refractivity contribution in [1.82, 2.24) is 5.32 Å². The van der Waals surface area contributed by atoms with Gasteiger partial charge in [0.1, 0.15) is 6.04 Å². The number of nitrogens with zero attached hydrogens (tertiary/aromatic N) is 1. The predicted molar refractivity (Wildman–Crippen MR) is 73.7 cm³/mol. The van der Waals surface area contributed by atoms with Crippen LogP contribution in [-0.4, -0.2) is 18.0 Å². The number of rotatable bonds is 5. The molecule has 0 aromatic heterocycles. The van der Waals surface area contributed by atoms with Gasteiger partial charge in [-0.1, -0.05) is 31.9 Å². The van der Waals surface area contributed by atoms with Gasteiger partial charge in [0.05, 0.1) is 5.69 Å². The lowest BCUT2D eigenvalue weighted by molar-refractivity contribution is -0.118. The van der Waals surface area contributed by atoms with Crippen molar-refractivity contribution in [2.24, 2.45) is 5.73 Å². The molecule has 0 saturated carbocycles. The van der Waals surface area contributed by atoms with Crippen LogP contribution < -0.4 is 16.0 Å². The molecule has 0 bridgehead atoms. The highest BCUT2D eigenvalue weighted by Crippen LogP contribution is 2.21. The molecule has 5 nitrogen and oxygen atoms in total. The number of imide groups is 1. The minimum Gasteiger partial charge on any atom is -0.326 e. The number of nitrogens with one attached hydrogen (secondary N) is 1. The van der Waals surface area contributed by atoms with E-state index < -0.39 is 0 Å². The van der Waals surface area contributed by atoms with Gasteiger partial charge in [0, 0.05) is 6.54 Å². The Labute approximate surface area is 112 Å². The Hall–Kier alpha value is -1.88. The number of nitrogens with two attached hydrogens (primary N) is 1. The second-order valence-corrected chi connectivity index (χ2v) is 4.69. The van der Waals surface area contributed by atoms with Crippen LogP contribution in [0.3, 0.4) is 0 Å².